The number of carboxylic acids is 1. The summed E-state index contributed by atoms with van der Waals surface area (Å²) in [5.74, 6) is -1.72. The molecule has 0 spiro atoms. The number of amides is 1. The molecule has 1 aromatic carbocycles. The lowest BCUT2D eigenvalue weighted by molar-refractivity contribution is -0.384. The average molecular weight is 236 g/mol. The summed E-state index contributed by atoms with van der Waals surface area (Å²) in [6.07, 6.45) is 0.133. The Hall–Kier alpha value is -2.44. The van der Waals surface area contributed by atoms with Gasteiger partial charge < -0.3 is 10.4 Å². The van der Waals surface area contributed by atoms with Crippen LogP contribution in [0.15, 0.2) is 18.2 Å². The lowest BCUT2D eigenvalue weighted by atomic mass is 9.95. The zero-order valence-electron chi connectivity index (χ0n) is 8.54. The quantitative estimate of drug-likeness (QED) is 0.568. The molecule has 1 heterocycles. The Bertz CT molecular complexity index is 525. The van der Waals surface area contributed by atoms with E-state index in [0.717, 1.165) is 6.07 Å². The zero-order valence-corrected chi connectivity index (χ0v) is 8.54. The number of benzene rings is 1. The highest BCUT2D eigenvalue weighted by Gasteiger charge is 2.29. The fourth-order valence-corrected chi connectivity index (χ4v) is 1.72. The minimum absolute atomic E-state index is 0.133. The summed E-state index contributed by atoms with van der Waals surface area (Å²) in [6, 6.07) is 2.86. The van der Waals surface area contributed by atoms with E-state index in [-0.39, 0.29) is 17.7 Å². The number of nitrogens with zero attached hydrogens (tertiary/aromatic N) is 1. The Morgan fingerprint density at radius 2 is 2.24 bits per heavy atom. The molecule has 0 aliphatic carbocycles. The van der Waals surface area contributed by atoms with Crippen molar-refractivity contribution in [3.05, 3.63) is 39.4 Å². The number of rotatable bonds is 2. The number of nitro benzene ring substituents is 1. The summed E-state index contributed by atoms with van der Waals surface area (Å²) >= 11 is 0. The van der Waals surface area contributed by atoms with E-state index < -0.39 is 22.8 Å². The Morgan fingerprint density at radius 3 is 2.82 bits per heavy atom. The predicted octanol–water partition coefficient (Wildman–Crippen LogP) is 0.334. The zero-order chi connectivity index (χ0) is 12.6. The second kappa shape index (κ2) is 3.85. The van der Waals surface area contributed by atoms with Crippen LogP contribution in [0.3, 0.4) is 0 Å². The van der Waals surface area contributed by atoms with Crippen molar-refractivity contribution in [2.75, 3.05) is 0 Å². The van der Waals surface area contributed by atoms with Gasteiger partial charge >= 0.3 is 5.97 Å². The molecule has 7 nitrogen and oxygen atoms in total. The summed E-state index contributed by atoms with van der Waals surface area (Å²) < 4.78 is 0. The molecule has 88 valence electrons. The van der Waals surface area contributed by atoms with Crippen LogP contribution in [-0.2, 0) is 11.2 Å². The van der Waals surface area contributed by atoms with Crippen molar-refractivity contribution in [2.24, 2.45) is 0 Å². The molecule has 0 fully saturated rings. The molecule has 7 heteroatoms. The van der Waals surface area contributed by atoms with E-state index in [9.17, 15) is 19.7 Å². The second-order valence-electron chi connectivity index (χ2n) is 3.67. The first-order valence-electron chi connectivity index (χ1n) is 4.80. The van der Waals surface area contributed by atoms with Gasteiger partial charge in [0.25, 0.3) is 11.6 Å². The fourth-order valence-electron chi connectivity index (χ4n) is 1.72. The minimum atomic E-state index is -1.12. The van der Waals surface area contributed by atoms with Crippen molar-refractivity contribution < 1.29 is 19.6 Å². The van der Waals surface area contributed by atoms with Gasteiger partial charge in [0.05, 0.1) is 4.92 Å². The minimum Gasteiger partial charge on any atom is -0.480 e. The molecule has 1 atom stereocenters. The number of fused-ring (bicyclic) bond motifs is 1. The highest BCUT2D eigenvalue weighted by atomic mass is 16.6. The smallest absolute Gasteiger partial charge is 0.326 e. The maximum absolute atomic E-state index is 11.6. The van der Waals surface area contributed by atoms with Crippen molar-refractivity contribution in [1.29, 1.82) is 0 Å². The molecule has 0 unspecified atom stereocenters. The second-order valence-corrected chi connectivity index (χ2v) is 3.67. The van der Waals surface area contributed by atoms with Crippen LogP contribution in [0.25, 0.3) is 0 Å². The highest BCUT2D eigenvalue weighted by molar-refractivity contribution is 6.00. The van der Waals surface area contributed by atoms with Crippen LogP contribution in [-0.4, -0.2) is 27.9 Å². The van der Waals surface area contributed by atoms with E-state index in [2.05, 4.69) is 5.32 Å². The molecule has 1 aliphatic rings. The number of nitro groups is 1. The van der Waals surface area contributed by atoms with E-state index in [1.165, 1.54) is 12.1 Å². The molecule has 1 aromatic rings. The lowest BCUT2D eigenvalue weighted by Gasteiger charge is -2.22. The predicted molar refractivity (Wildman–Crippen MR) is 55.7 cm³/mol. The molecule has 2 N–H and O–H groups in total. The number of hydrogen-bond donors (Lipinski definition) is 2. The molecule has 0 saturated heterocycles. The van der Waals surface area contributed by atoms with Crippen molar-refractivity contribution in [3.8, 4) is 0 Å². The average Bonchev–Trinajstić information content (AvgIpc) is 2.28. The number of nitrogens with one attached hydrogen (secondary N) is 1. The number of non-ortho nitro benzene ring substituents is 1. The molecule has 17 heavy (non-hydrogen) atoms. The Morgan fingerprint density at radius 1 is 1.53 bits per heavy atom. The summed E-state index contributed by atoms with van der Waals surface area (Å²) in [6.45, 7) is 0. The number of carbonyl (C=O) groups excluding carboxylic acids is 1. The molecule has 0 bridgehead atoms. The largest absolute Gasteiger partial charge is 0.480 e. The van der Waals surface area contributed by atoms with Crippen LogP contribution < -0.4 is 5.32 Å². The Kier molecular flexibility index (Phi) is 2.51. The van der Waals surface area contributed by atoms with Gasteiger partial charge in [0.15, 0.2) is 0 Å². The number of carboxylic acid groups (broad SMARTS) is 1. The molecule has 1 aliphatic heterocycles. The van der Waals surface area contributed by atoms with E-state index in [0.29, 0.717) is 5.56 Å². The maximum Gasteiger partial charge on any atom is 0.326 e. The van der Waals surface area contributed by atoms with E-state index >= 15 is 0 Å². The molecule has 0 saturated carbocycles. The van der Waals surface area contributed by atoms with Gasteiger partial charge in [-0.15, -0.1) is 0 Å². The van der Waals surface area contributed by atoms with Gasteiger partial charge in [0.2, 0.25) is 0 Å². The van der Waals surface area contributed by atoms with Gasteiger partial charge in [-0.25, -0.2) is 4.79 Å². The van der Waals surface area contributed by atoms with Crippen LogP contribution >= 0.6 is 0 Å². The number of aliphatic carboxylic acids is 1. The molecule has 2 rings (SSSR count). The van der Waals surface area contributed by atoms with Crippen molar-refractivity contribution in [2.45, 2.75) is 12.5 Å². The maximum atomic E-state index is 11.6. The summed E-state index contributed by atoms with van der Waals surface area (Å²) in [7, 11) is 0. The van der Waals surface area contributed by atoms with Gasteiger partial charge in [-0.2, -0.15) is 0 Å². The number of carbonyl (C=O) groups is 2. The molecular weight excluding hydrogens is 228 g/mol. The third-order valence-electron chi connectivity index (χ3n) is 2.58. The topological polar surface area (TPSA) is 110 Å². The SMILES string of the molecule is O=C1N[C@H](C(=O)O)Cc2ccc([N+](=O)[O-])cc21. The lowest BCUT2D eigenvalue weighted by Crippen LogP contribution is -2.46. The van der Waals surface area contributed by atoms with Crippen LogP contribution in [0.1, 0.15) is 15.9 Å². The van der Waals surface area contributed by atoms with Crippen LogP contribution in [0.4, 0.5) is 5.69 Å². The van der Waals surface area contributed by atoms with Gasteiger partial charge in [-0.3, -0.25) is 14.9 Å². The van der Waals surface area contributed by atoms with Gasteiger partial charge in [0, 0.05) is 24.1 Å². The monoisotopic (exact) mass is 236 g/mol. The first-order chi connectivity index (χ1) is 7.99. The van der Waals surface area contributed by atoms with Crippen LogP contribution in [0.5, 0.6) is 0 Å². The normalized spacial score (nSPS) is 18.1. The summed E-state index contributed by atoms with van der Waals surface area (Å²) in [4.78, 5) is 32.3. The van der Waals surface area contributed by atoms with E-state index in [1.807, 2.05) is 0 Å². The standard InChI is InChI=1S/C10H8N2O5/c13-9-7-4-6(12(16)17)2-1-5(7)3-8(11-9)10(14)15/h1-2,4,8H,3H2,(H,11,13)(H,14,15)/t8-/m0/s1. The molecular formula is C10H8N2O5. The molecule has 0 radical (unpaired) electrons. The van der Waals surface area contributed by atoms with Gasteiger partial charge in [-0.05, 0) is 5.56 Å². The summed E-state index contributed by atoms with van der Waals surface area (Å²) in [5, 5.41) is 21.6. The third kappa shape index (κ3) is 1.94. The number of hydrogen-bond acceptors (Lipinski definition) is 4. The first kappa shape index (κ1) is 11.1. The fraction of sp³-hybridized carbons (Fsp3) is 0.200. The first-order valence-corrected chi connectivity index (χ1v) is 4.80. The van der Waals surface area contributed by atoms with Crippen molar-refractivity contribution in [1.82, 2.24) is 5.32 Å². The van der Waals surface area contributed by atoms with Gasteiger partial charge in [-0.1, -0.05) is 6.07 Å². The van der Waals surface area contributed by atoms with E-state index in [1.54, 1.807) is 0 Å². The van der Waals surface area contributed by atoms with Crippen molar-refractivity contribution in [3.63, 3.8) is 0 Å². The van der Waals surface area contributed by atoms with Crippen LogP contribution in [0.2, 0.25) is 0 Å². The molecule has 0 aromatic heterocycles. The highest BCUT2D eigenvalue weighted by Crippen LogP contribution is 2.22. The van der Waals surface area contributed by atoms with E-state index in [4.69, 9.17) is 5.11 Å². The molecule has 1 amide bonds. The van der Waals surface area contributed by atoms with Gasteiger partial charge in [0.1, 0.15) is 6.04 Å². The third-order valence-corrected chi connectivity index (χ3v) is 2.58. The Balaban J connectivity index is 2.42. The summed E-state index contributed by atoms with van der Waals surface area (Å²) in [5.41, 5.74) is 0.483. The van der Waals surface area contributed by atoms with Crippen molar-refractivity contribution >= 4 is 17.6 Å². The van der Waals surface area contributed by atoms with Crippen LogP contribution in [0, 0.1) is 10.1 Å². The Labute approximate surface area is 95.2 Å².